The van der Waals surface area contributed by atoms with Crippen LogP contribution >= 0.6 is 12.6 Å². The Kier molecular flexibility index (Phi) is 6.99. The summed E-state index contributed by atoms with van der Waals surface area (Å²) >= 11 is 4.50. The molecule has 0 saturated heterocycles. The molecule has 0 aliphatic heterocycles. The van der Waals surface area contributed by atoms with Gasteiger partial charge in [0.1, 0.15) is 4.93 Å². The summed E-state index contributed by atoms with van der Waals surface area (Å²) in [6.07, 6.45) is 1.88. The SMILES string of the molecule is COCCC(C)(S)OCCC(C)(C)C(C)C. The Labute approximate surface area is 107 Å². The van der Waals surface area contributed by atoms with Crippen molar-refractivity contribution >= 4 is 12.6 Å². The lowest BCUT2D eigenvalue weighted by Gasteiger charge is -2.31. The third kappa shape index (κ3) is 6.77. The predicted octanol–water partition coefficient (Wildman–Crippen LogP) is 3.76. The van der Waals surface area contributed by atoms with E-state index in [1.54, 1.807) is 7.11 Å². The van der Waals surface area contributed by atoms with Crippen molar-refractivity contribution in [2.45, 2.75) is 52.4 Å². The van der Waals surface area contributed by atoms with Gasteiger partial charge < -0.3 is 9.47 Å². The summed E-state index contributed by atoms with van der Waals surface area (Å²) in [4.78, 5) is -0.372. The van der Waals surface area contributed by atoms with Gasteiger partial charge in [0.15, 0.2) is 0 Å². The van der Waals surface area contributed by atoms with Crippen LogP contribution in [0.4, 0.5) is 0 Å². The highest BCUT2D eigenvalue weighted by atomic mass is 32.1. The number of methoxy groups -OCH3 is 1. The number of rotatable bonds is 8. The van der Waals surface area contributed by atoms with Gasteiger partial charge in [0.2, 0.25) is 0 Å². The van der Waals surface area contributed by atoms with E-state index in [2.05, 4.69) is 40.3 Å². The third-order valence-corrected chi connectivity index (χ3v) is 3.85. The molecule has 0 radical (unpaired) electrons. The Balaban J connectivity index is 3.88. The van der Waals surface area contributed by atoms with E-state index < -0.39 is 0 Å². The van der Waals surface area contributed by atoms with Crippen LogP contribution in [-0.2, 0) is 9.47 Å². The van der Waals surface area contributed by atoms with Gasteiger partial charge in [0.05, 0.1) is 0 Å². The molecule has 0 heterocycles. The summed E-state index contributed by atoms with van der Waals surface area (Å²) in [5.74, 6) is 0.668. The summed E-state index contributed by atoms with van der Waals surface area (Å²) in [6, 6.07) is 0. The van der Waals surface area contributed by atoms with Crippen molar-refractivity contribution in [3.63, 3.8) is 0 Å². The maximum atomic E-state index is 5.80. The molecule has 0 spiro atoms. The molecular weight excluding hydrogens is 220 g/mol. The molecule has 0 aliphatic carbocycles. The van der Waals surface area contributed by atoms with Gasteiger partial charge in [-0.05, 0) is 24.7 Å². The molecule has 0 saturated carbocycles. The number of thiol groups is 1. The van der Waals surface area contributed by atoms with Crippen LogP contribution in [0.3, 0.4) is 0 Å². The molecule has 1 atom stereocenters. The molecular formula is C13H28O2S. The second-order valence-corrected chi connectivity index (χ2v) is 6.61. The lowest BCUT2D eigenvalue weighted by atomic mass is 9.79. The van der Waals surface area contributed by atoms with Crippen molar-refractivity contribution in [3.8, 4) is 0 Å². The molecule has 2 nitrogen and oxygen atoms in total. The molecule has 0 rings (SSSR count). The van der Waals surface area contributed by atoms with Gasteiger partial charge in [-0.25, -0.2) is 0 Å². The lowest BCUT2D eigenvalue weighted by Crippen LogP contribution is -2.27. The van der Waals surface area contributed by atoms with Crippen LogP contribution in [0.15, 0.2) is 0 Å². The van der Waals surface area contributed by atoms with Crippen molar-refractivity contribution in [3.05, 3.63) is 0 Å². The molecule has 0 amide bonds. The van der Waals surface area contributed by atoms with Gasteiger partial charge >= 0.3 is 0 Å². The first-order valence-corrected chi connectivity index (χ1v) is 6.51. The van der Waals surface area contributed by atoms with Crippen molar-refractivity contribution in [2.24, 2.45) is 11.3 Å². The van der Waals surface area contributed by atoms with Gasteiger partial charge in [-0.1, -0.05) is 27.7 Å². The third-order valence-electron chi connectivity index (χ3n) is 3.49. The average Bonchev–Trinajstić information content (AvgIpc) is 2.14. The largest absolute Gasteiger partial charge is 0.385 e. The molecule has 0 bridgehead atoms. The topological polar surface area (TPSA) is 18.5 Å². The maximum Gasteiger partial charge on any atom is 0.110 e. The van der Waals surface area contributed by atoms with Gasteiger partial charge in [0.25, 0.3) is 0 Å². The fourth-order valence-electron chi connectivity index (χ4n) is 1.19. The van der Waals surface area contributed by atoms with Gasteiger partial charge in [-0.2, -0.15) is 0 Å². The zero-order chi connectivity index (χ0) is 12.8. The summed E-state index contributed by atoms with van der Waals surface area (Å²) in [6.45, 7) is 12.5. The van der Waals surface area contributed by atoms with Crippen LogP contribution in [0.5, 0.6) is 0 Å². The van der Waals surface area contributed by atoms with E-state index in [-0.39, 0.29) is 4.93 Å². The second-order valence-electron chi connectivity index (χ2n) is 5.66. The Morgan fingerprint density at radius 1 is 1.06 bits per heavy atom. The molecule has 0 aromatic heterocycles. The first-order valence-electron chi connectivity index (χ1n) is 6.06. The van der Waals surface area contributed by atoms with Gasteiger partial charge in [0, 0.05) is 26.7 Å². The number of hydrogen-bond acceptors (Lipinski definition) is 3. The minimum atomic E-state index is -0.372. The monoisotopic (exact) mass is 248 g/mol. The molecule has 0 aromatic carbocycles. The highest BCUT2D eigenvalue weighted by Gasteiger charge is 2.24. The van der Waals surface area contributed by atoms with E-state index >= 15 is 0 Å². The Morgan fingerprint density at radius 3 is 2.06 bits per heavy atom. The van der Waals surface area contributed by atoms with Crippen molar-refractivity contribution in [1.29, 1.82) is 0 Å². The van der Waals surface area contributed by atoms with E-state index in [9.17, 15) is 0 Å². The molecule has 3 heteroatoms. The summed E-state index contributed by atoms with van der Waals surface area (Å²) in [5.41, 5.74) is 0.325. The van der Waals surface area contributed by atoms with Crippen LogP contribution < -0.4 is 0 Å². The smallest absolute Gasteiger partial charge is 0.110 e. The molecule has 1 unspecified atom stereocenters. The Bertz CT molecular complexity index is 188. The molecule has 0 aliphatic rings. The first-order chi connectivity index (χ1) is 7.21. The summed E-state index contributed by atoms with van der Waals surface area (Å²) < 4.78 is 10.8. The van der Waals surface area contributed by atoms with Gasteiger partial charge in [-0.3, -0.25) is 0 Å². The highest BCUT2D eigenvalue weighted by molar-refractivity contribution is 7.81. The van der Waals surface area contributed by atoms with Crippen LogP contribution in [0.25, 0.3) is 0 Å². The molecule has 16 heavy (non-hydrogen) atoms. The van der Waals surface area contributed by atoms with E-state index in [1.165, 1.54) is 0 Å². The Hall–Kier alpha value is 0.270. The fourth-order valence-corrected chi connectivity index (χ4v) is 1.37. The van der Waals surface area contributed by atoms with Crippen LogP contribution in [-0.4, -0.2) is 25.3 Å². The number of hydrogen-bond donors (Lipinski definition) is 1. The van der Waals surface area contributed by atoms with E-state index in [0.29, 0.717) is 17.9 Å². The highest BCUT2D eigenvalue weighted by Crippen LogP contribution is 2.31. The molecule has 0 aromatic rings. The quantitative estimate of drug-likeness (QED) is 0.521. The van der Waals surface area contributed by atoms with E-state index in [1.807, 2.05) is 6.92 Å². The standard InChI is InChI=1S/C13H28O2S/c1-11(2)12(3,4)7-10-15-13(5,16)8-9-14-6/h11,16H,7-10H2,1-6H3. The number of ether oxygens (including phenoxy) is 2. The summed E-state index contributed by atoms with van der Waals surface area (Å²) in [5, 5.41) is 0. The van der Waals surface area contributed by atoms with Crippen LogP contribution in [0.2, 0.25) is 0 Å². The fraction of sp³-hybridized carbons (Fsp3) is 1.00. The maximum absolute atomic E-state index is 5.80. The average molecular weight is 248 g/mol. The van der Waals surface area contributed by atoms with Crippen LogP contribution in [0.1, 0.15) is 47.5 Å². The first kappa shape index (κ1) is 16.3. The zero-order valence-corrected chi connectivity index (χ0v) is 12.6. The van der Waals surface area contributed by atoms with Crippen LogP contribution in [0, 0.1) is 11.3 Å². The van der Waals surface area contributed by atoms with Crippen molar-refractivity contribution < 1.29 is 9.47 Å². The molecule has 0 fully saturated rings. The molecule has 0 N–H and O–H groups in total. The van der Waals surface area contributed by atoms with Crippen molar-refractivity contribution in [1.82, 2.24) is 0 Å². The zero-order valence-electron chi connectivity index (χ0n) is 11.7. The van der Waals surface area contributed by atoms with Crippen molar-refractivity contribution in [2.75, 3.05) is 20.3 Å². The second kappa shape index (κ2) is 6.87. The minimum Gasteiger partial charge on any atom is -0.385 e. The van der Waals surface area contributed by atoms with E-state index in [0.717, 1.165) is 19.4 Å². The Morgan fingerprint density at radius 2 is 1.62 bits per heavy atom. The van der Waals surface area contributed by atoms with E-state index in [4.69, 9.17) is 9.47 Å². The minimum absolute atomic E-state index is 0.325. The molecule has 98 valence electrons. The van der Waals surface area contributed by atoms with Gasteiger partial charge in [-0.15, -0.1) is 12.6 Å². The predicted molar refractivity (Wildman–Crippen MR) is 73.1 cm³/mol. The summed E-state index contributed by atoms with van der Waals surface area (Å²) in [7, 11) is 1.70. The normalized spacial score (nSPS) is 16.5. The lowest BCUT2D eigenvalue weighted by molar-refractivity contribution is -0.000301.